The molecule has 0 radical (unpaired) electrons. The van der Waals surface area contributed by atoms with Gasteiger partial charge in [0.05, 0.1) is 30.9 Å². The average Bonchev–Trinajstić information content (AvgIpc) is 3.36. The lowest BCUT2D eigenvalue weighted by molar-refractivity contribution is 0.122. The highest BCUT2D eigenvalue weighted by Gasteiger charge is 2.22. The zero-order valence-corrected chi connectivity index (χ0v) is 20.4. The van der Waals surface area contributed by atoms with Crippen LogP contribution < -0.4 is 26.0 Å². The van der Waals surface area contributed by atoms with Crippen molar-refractivity contribution in [2.75, 3.05) is 54.7 Å². The number of urea groups is 1. The molecule has 0 unspecified atom stereocenters. The van der Waals surface area contributed by atoms with Gasteiger partial charge < -0.3 is 30.7 Å². The lowest BCUT2D eigenvalue weighted by atomic mass is 10.1. The van der Waals surface area contributed by atoms with Crippen molar-refractivity contribution in [3.05, 3.63) is 60.8 Å². The predicted molar refractivity (Wildman–Crippen MR) is 142 cm³/mol. The molecule has 4 N–H and O–H groups in total. The van der Waals surface area contributed by atoms with Crippen LogP contribution in [0.4, 0.5) is 27.2 Å². The number of hydrogen-bond donors (Lipinski definition) is 3. The van der Waals surface area contributed by atoms with E-state index in [9.17, 15) is 4.79 Å². The van der Waals surface area contributed by atoms with Crippen LogP contribution in [0.15, 0.2) is 60.8 Å². The summed E-state index contributed by atoms with van der Waals surface area (Å²) in [5.74, 6) is 0.904. The lowest BCUT2D eigenvalue weighted by Gasteiger charge is -2.26. The molecule has 2 aromatic heterocycles. The number of carbonyl (C=O) groups excluding carboxylic acids is 1. The molecule has 1 aliphatic rings. The van der Waals surface area contributed by atoms with Crippen molar-refractivity contribution in [1.82, 2.24) is 15.0 Å². The number of thiazole rings is 1. The Kier molecular flexibility index (Phi) is 6.92. The monoisotopic (exact) mass is 503 g/mol. The second-order valence-electron chi connectivity index (χ2n) is 7.96. The summed E-state index contributed by atoms with van der Waals surface area (Å²) in [6.45, 7) is 2.86. The van der Waals surface area contributed by atoms with E-state index >= 15 is 0 Å². The van der Waals surface area contributed by atoms with Crippen molar-refractivity contribution in [2.24, 2.45) is 0 Å². The van der Waals surface area contributed by atoms with Crippen LogP contribution in [0.3, 0.4) is 0 Å². The molecule has 0 bridgehead atoms. The Morgan fingerprint density at radius 3 is 2.58 bits per heavy atom. The van der Waals surface area contributed by atoms with Crippen molar-refractivity contribution in [1.29, 1.82) is 0 Å². The van der Waals surface area contributed by atoms with Gasteiger partial charge in [-0.2, -0.15) is 0 Å². The van der Waals surface area contributed by atoms with E-state index in [0.717, 1.165) is 40.1 Å². The van der Waals surface area contributed by atoms with Gasteiger partial charge in [0.25, 0.3) is 0 Å². The number of amides is 2. The SMILES string of the molecule is COc1ccc(NC(=O)Nc2cccc(-c3sc(N4CCOCC4)nc3-c3ccnc(N)n3)c2)cc1. The third kappa shape index (κ3) is 5.37. The van der Waals surface area contributed by atoms with Crippen molar-refractivity contribution in [3.63, 3.8) is 0 Å². The summed E-state index contributed by atoms with van der Waals surface area (Å²) in [7, 11) is 1.60. The van der Waals surface area contributed by atoms with Gasteiger partial charge in [-0.3, -0.25) is 0 Å². The minimum Gasteiger partial charge on any atom is -0.497 e. The van der Waals surface area contributed by atoms with Gasteiger partial charge in [0.1, 0.15) is 11.4 Å². The Morgan fingerprint density at radius 1 is 1.06 bits per heavy atom. The topological polar surface area (TPSA) is 128 Å². The summed E-state index contributed by atoms with van der Waals surface area (Å²) in [5, 5.41) is 6.61. The van der Waals surface area contributed by atoms with Gasteiger partial charge in [-0.25, -0.2) is 19.7 Å². The number of anilines is 4. The number of ether oxygens (including phenoxy) is 2. The highest BCUT2D eigenvalue weighted by molar-refractivity contribution is 7.19. The lowest BCUT2D eigenvalue weighted by Crippen LogP contribution is -2.36. The second-order valence-corrected chi connectivity index (χ2v) is 8.94. The van der Waals surface area contributed by atoms with Crippen LogP contribution in [-0.2, 0) is 4.74 Å². The van der Waals surface area contributed by atoms with E-state index in [0.29, 0.717) is 30.3 Å². The maximum Gasteiger partial charge on any atom is 0.323 e. The molecule has 36 heavy (non-hydrogen) atoms. The Hall–Kier alpha value is -4.22. The zero-order valence-electron chi connectivity index (χ0n) is 19.6. The molecule has 11 heteroatoms. The number of nitrogens with zero attached hydrogens (tertiary/aromatic N) is 4. The molecule has 2 amide bonds. The predicted octanol–water partition coefficient (Wildman–Crippen LogP) is 4.34. The van der Waals surface area contributed by atoms with Crippen LogP contribution in [0, 0.1) is 0 Å². The van der Waals surface area contributed by atoms with Crippen molar-refractivity contribution in [3.8, 4) is 27.6 Å². The third-order valence-corrected chi connectivity index (χ3v) is 6.71. The number of carbonyl (C=O) groups is 1. The zero-order chi connectivity index (χ0) is 24.9. The fraction of sp³-hybridized carbons (Fsp3) is 0.200. The van der Waals surface area contributed by atoms with E-state index < -0.39 is 0 Å². The number of morpholine rings is 1. The summed E-state index contributed by atoms with van der Waals surface area (Å²) in [4.78, 5) is 29.1. The molecular formula is C25H25N7O3S. The number of benzene rings is 2. The molecule has 5 rings (SSSR count). The van der Waals surface area contributed by atoms with E-state index in [1.807, 2.05) is 24.3 Å². The second kappa shape index (κ2) is 10.6. The van der Waals surface area contributed by atoms with Crippen molar-refractivity contribution in [2.45, 2.75) is 0 Å². The van der Waals surface area contributed by atoms with Crippen LogP contribution in [0.5, 0.6) is 5.75 Å². The fourth-order valence-electron chi connectivity index (χ4n) is 3.78. The van der Waals surface area contributed by atoms with E-state index in [-0.39, 0.29) is 12.0 Å². The number of nitrogens with one attached hydrogen (secondary N) is 2. The summed E-state index contributed by atoms with van der Waals surface area (Å²) < 4.78 is 10.7. The Labute approximate surface area is 212 Å². The van der Waals surface area contributed by atoms with Crippen molar-refractivity contribution >= 4 is 39.8 Å². The largest absolute Gasteiger partial charge is 0.497 e. The highest BCUT2D eigenvalue weighted by Crippen LogP contribution is 2.40. The average molecular weight is 504 g/mol. The van der Waals surface area contributed by atoms with Gasteiger partial charge in [-0.05, 0) is 48.0 Å². The van der Waals surface area contributed by atoms with E-state index in [2.05, 4.69) is 25.5 Å². The molecule has 184 valence electrons. The molecule has 1 saturated heterocycles. The first-order valence-corrected chi connectivity index (χ1v) is 12.2. The number of aromatic nitrogens is 3. The third-order valence-electron chi connectivity index (χ3n) is 5.54. The molecular weight excluding hydrogens is 478 g/mol. The first-order valence-electron chi connectivity index (χ1n) is 11.3. The van der Waals surface area contributed by atoms with Gasteiger partial charge in [-0.1, -0.05) is 23.5 Å². The van der Waals surface area contributed by atoms with Gasteiger partial charge in [0.15, 0.2) is 5.13 Å². The van der Waals surface area contributed by atoms with E-state index in [4.69, 9.17) is 20.2 Å². The number of methoxy groups -OCH3 is 1. The number of nitrogen functional groups attached to an aromatic ring is 1. The summed E-state index contributed by atoms with van der Waals surface area (Å²) in [5.41, 5.74) is 9.43. The number of hydrogen-bond acceptors (Lipinski definition) is 9. The van der Waals surface area contributed by atoms with Crippen LogP contribution in [0.1, 0.15) is 0 Å². The molecule has 3 heterocycles. The van der Waals surface area contributed by atoms with Gasteiger partial charge in [-0.15, -0.1) is 0 Å². The van der Waals surface area contributed by atoms with Crippen LogP contribution in [-0.4, -0.2) is 54.4 Å². The molecule has 0 saturated carbocycles. The molecule has 4 aromatic rings. The maximum atomic E-state index is 12.6. The van der Waals surface area contributed by atoms with Crippen LogP contribution >= 0.6 is 11.3 Å². The summed E-state index contributed by atoms with van der Waals surface area (Å²) in [6, 6.07) is 16.2. The van der Waals surface area contributed by atoms with Crippen LogP contribution in [0.25, 0.3) is 21.8 Å². The molecule has 1 fully saturated rings. The summed E-state index contributed by atoms with van der Waals surface area (Å²) >= 11 is 1.57. The minimum absolute atomic E-state index is 0.185. The first-order chi connectivity index (χ1) is 17.6. The molecule has 10 nitrogen and oxygen atoms in total. The molecule has 0 spiro atoms. The summed E-state index contributed by atoms with van der Waals surface area (Å²) in [6.07, 6.45) is 1.62. The Morgan fingerprint density at radius 2 is 1.83 bits per heavy atom. The van der Waals surface area contributed by atoms with Gasteiger partial charge in [0.2, 0.25) is 5.95 Å². The van der Waals surface area contributed by atoms with Gasteiger partial charge in [0, 0.05) is 30.7 Å². The maximum absolute atomic E-state index is 12.6. The van der Waals surface area contributed by atoms with Crippen LogP contribution in [0.2, 0.25) is 0 Å². The Balaban J connectivity index is 1.42. The number of rotatable bonds is 6. The highest BCUT2D eigenvalue weighted by atomic mass is 32.1. The number of nitrogens with two attached hydrogens (primary N) is 1. The van der Waals surface area contributed by atoms with E-state index in [1.165, 1.54) is 0 Å². The quantitative estimate of drug-likeness (QED) is 0.355. The Bertz CT molecular complexity index is 1350. The first kappa shape index (κ1) is 23.5. The van der Waals surface area contributed by atoms with E-state index in [1.54, 1.807) is 55.0 Å². The molecule has 1 aliphatic heterocycles. The van der Waals surface area contributed by atoms with Gasteiger partial charge >= 0.3 is 6.03 Å². The molecule has 0 atom stereocenters. The molecule has 0 aliphatic carbocycles. The minimum atomic E-state index is -0.348. The molecule has 2 aromatic carbocycles. The van der Waals surface area contributed by atoms with Crippen molar-refractivity contribution < 1.29 is 14.3 Å². The smallest absolute Gasteiger partial charge is 0.323 e. The fourth-order valence-corrected chi connectivity index (χ4v) is 4.90. The normalized spacial score (nSPS) is 13.3. The standard InChI is InChI=1S/C25H25N7O3S/c1-34-19-7-5-17(6-8-19)28-24(33)29-18-4-2-3-16(15-18)22-21(20-9-10-27-23(26)30-20)31-25(36-22)32-11-13-35-14-12-32/h2-10,15H,11-14H2,1H3,(H2,26,27,30)(H2,28,29,33).